The van der Waals surface area contributed by atoms with E-state index < -0.39 is 5.91 Å². The highest BCUT2D eigenvalue weighted by Crippen LogP contribution is 2.31. The highest BCUT2D eigenvalue weighted by molar-refractivity contribution is 7.13. The van der Waals surface area contributed by atoms with Gasteiger partial charge in [0.15, 0.2) is 11.7 Å². The molecule has 0 aliphatic heterocycles. The molecule has 3 aromatic rings. The number of nitriles is 1. The maximum Gasteiger partial charge on any atom is 0.259 e. The van der Waals surface area contributed by atoms with Crippen LogP contribution in [-0.2, 0) is 4.74 Å². The van der Waals surface area contributed by atoms with Gasteiger partial charge in [-0.1, -0.05) is 24.0 Å². The number of ether oxygens (including phenoxy) is 2. The van der Waals surface area contributed by atoms with Crippen molar-refractivity contribution in [1.82, 2.24) is 15.0 Å². The molecule has 0 atom stereocenters. The first-order valence-corrected chi connectivity index (χ1v) is 10.5. The molecule has 33 heavy (non-hydrogen) atoms. The number of hydrogen-bond donors (Lipinski definition) is 2. The second-order valence-electron chi connectivity index (χ2n) is 6.74. The second kappa shape index (κ2) is 10.4. The van der Waals surface area contributed by atoms with Crippen molar-refractivity contribution in [1.29, 1.82) is 5.26 Å². The number of nitrogens with one attached hydrogen (secondary N) is 2. The van der Waals surface area contributed by atoms with Crippen LogP contribution in [0.25, 0.3) is 23.0 Å². The van der Waals surface area contributed by atoms with E-state index in [2.05, 4.69) is 26.8 Å². The third-order valence-electron chi connectivity index (χ3n) is 4.51. The molecule has 0 bridgehead atoms. The lowest BCUT2D eigenvalue weighted by Crippen LogP contribution is -2.24. The van der Waals surface area contributed by atoms with Gasteiger partial charge in [0.05, 0.1) is 17.2 Å². The van der Waals surface area contributed by atoms with Crippen molar-refractivity contribution in [3.63, 3.8) is 0 Å². The molecule has 0 unspecified atom stereocenters. The van der Waals surface area contributed by atoms with E-state index in [1.165, 1.54) is 36.9 Å². The number of hydrogen-bond acceptors (Lipinski definition) is 8. The maximum absolute atomic E-state index is 13.2. The van der Waals surface area contributed by atoms with E-state index in [1.54, 1.807) is 32.1 Å². The third kappa shape index (κ3) is 5.34. The van der Waals surface area contributed by atoms with Gasteiger partial charge in [-0.15, -0.1) is 0 Å². The summed E-state index contributed by atoms with van der Waals surface area (Å²) in [4.78, 5) is 36.4. The lowest BCUT2D eigenvalue weighted by atomic mass is 10.0. The van der Waals surface area contributed by atoms with Crippen LogP contribution in [-0.4, -0.2) is 34.6 Å². The van der Waals surface area contributed by atoms with Crippen molar-refractivity contribution in [2.75, 3.05) is 19.0 Å². The summed E-state index contributed by atoms with van der Waals surface area (Å²) in [5.74, 6) is 0.404. The van der Waals surface area contributed by atoms with E-state index >= 15 is 0 Å². The number of allylic oxidation sites excluding steroid dienone is 1. The average molecular weight is 464 g/mol. The summed E-state index contributed by atoms with van der Waals surface area (Å²) in [5, 5.41) is 12.4. The Morgan fingerprint density at radius 2 is 2.18 bits per heavy atom. The molecular formula is C23H21N5O4S. The van der Waals surface area contributed by atoms with Crippen molar-refractivity contribution in [3.05, 3.63) is 68.7 Å². The number of methoxy groups -OCH3 is 1. The zero-order valence-electron chi connectivity index (χ0n) is 18.3. The summed E-state index contributed by atoms with van der Waals surface area (Å²) in [7, 11) is 1.48. The molecular weight excluding hydrogens is 442 g/mol. The Labute approximate surface area is 193 Å². The number of thiazole rings is 1. The first kappa shape index (κ1) is 23.4. The van der Waals surface area contributed by atoms with E-state index in [0.717, 1.165) is 0 Å². The van der Waals surface area contributed by atoms with E-state index in [0.29, 0.717) is 43.3 Å². The number of rotatable bonds is 7. The molecule has 0 saturated carbocycles. The molecule has 10 heteroatoms. The number of amides is 1. The Morgan fingerprint density at radius 3 is 2.88 bits per heavy atom. The summed E-state index contributed by atoms with van der Waals surface area (Å²) in [6.07, 6.45) is 6.22. The van der Waals surface area contributed by atoms with Crippen LogP contribution in [0.4, 0.5) is 5.13 Å². The summed E-state index contributed by atoms with van der Waals surface area (Å²) in [5.41, 5.74) is 1.55. The van der Waals surface area contributed by atoms with Crippen molar-refractivity contribution in [2.24, 2.45) is 0 Å². The Hall–Kier alpha value is -4.23. The van der Waals surface area contributed by atoms with Crippen LogP contribution < -0.4 is 25.5 Å². The van der Waals surface area contributed by atoms with Crippen molar-refractivity contribution < 1.29 is 14.3 Å². The quantitative estimate of drug-likeness (QED) is 0.549. The average Bonchev–Trinajstić information content (AvgIpc) is 3.19. The maximum atomic E-state index is 13.2. The SMILES string of the molecule is C=C/C=c1/sc(NC(=O)c2cnc(C)cc2-c2cc(=O)[nH]cc2OC)n/c1=C(/C)OCC#N. The summed E-state index contributed by atoms with van der Waals surface area (Å²) >= 11 is 1.23. The summed E-state index contributed by atoms with van der Waals surface area (Å²) < 4.78 is 11.5. The van der Waals surface area contributed by atoms with E-state index in [9.17, 15) is 9.59 Å². The molecule has 3 rings (SSSR count). The molecule has 0 radical (unpaired) electrons. The molecule has 168 valence electrons. The Kier molecular flexibility index (Phi) is 7.38. The molecule has 0 saturated heterocycles. The minimum absolute atomic E-state index is 0.116. The van der Waals surface area contributed by atoms with Crippen LogP contribution in [0.2, 0.25) is 0 Å². The second-order valence-corrected chi connectivity index (χ2v) is 7.77. The molecule has 0 fully saturated rings. The first-order valence-electron chi connectivity index (χ1n) is 9.73. The molecule has 0 aliphatic carbocycles. The predicted molar refractivity (Wildman–Crippen MR) is 126 cm³/mol. The van der Waals surface area contributed by atoms with Crippen LogP contribution in [0.3, 0.4) is 0 Å². The fourth-order valence-electron chi connectivity index (χ4n) is 3.03. The Bertz CT molecular complexity index is 1430. The van der Waals surface area contributed by atoms with Crippen molar-refractivity contribution in [2.45, 2.75) is 13.8 Å². The van der Waals surface area contributed by atoms with Gasteiger partial charge < -0.3 is 14.5 Å². The minimum atomic E-state index is -0.458. The molecule has 2 N–H and O–H groups in total. The van der Waals surface area contributed by atoms with Crippen LogP contribution in [0, 0.1) is 18.3 Å². The lowest BCUT2D eigenvalue weighted by molar-refractivity contribution is 0.102. The summed E-state index contributed by atoms with van der Waals surface area (Å²) in [6, 6.07) is 4.99. The van der Waals surface area contributed by atoms with E-state index in [4.69, 9.17) is 14.7 Å². The van der Waals surface area contributed by atoms with Crippen LogP contribution in [0.5, 0.6) is 5.75 Å². The van der Waals surface area contributed by atoms with E-state index in [1.807, 2.05) is 6.07 Å². The topological polar surface area (TPSA) is 130 Å². The molecule has 3 aromatic heterocycles. The van der Waals surface area contributed by atoms with Gasteiger partial charge in [-0.2, -0.15) is 5.26 Å². The van der Waals surface area contributed by atoms with E-state index in [-0.39, 0.29) is 17.7 Å². The number of aromatic nitrogens is 3. The minimum Gasteiger partial charge on any atom is -0.495 e. The predicted octanol–water partition coefficient (Wildman–Crippen LogP) is 2.10. The number of nitrogens with zero attached hydrogens (tertiary/aromatic N) is 3. The molecule has 1 amide bonds. The Morgan fingerprint density at radius 1 is 1.39 bits per heavy atom. The number of aryl methyl sites for hydroxylation is 1. The van der Waals surface area contributed by atoms with Gasteiger partial charge in [-0.3, -0.25) is 19.9 Å². The first-order chi connectivity index (χ1) is 15.9. The fraction of sp³-hybridized carbons (Fsp3) is 0.174. The Balaban J connectivity index is 2.07. The third-order valence-corrected chi connectivity index (χ3v) is 5.45. The van der Waals surface area contributed by atoms with Crippen molar-refractivity contribution >= 4 is 34.2 Å². The zero-order valence-corrected chi connectivity index (χ0v) is 19.1. The highest BCUT2D eigenvalue weighted by Gasteiger charge is 2.19. The molecule has 3 heterocycles. The fourth-order valence-corrected chi connectivity index (χ4v) is 3.97. The van der Waals surface area contributed by atoms with Crippen LogP contribution in [0.15, 0.2) is 42.0 Å². The monoisotopic (exact) mass is 463 g/mol. The molecule has 0 aliphatic rings. The van der Waals surface area contributed by atoms with Crippen LogP contribution in [0.1, 0.15) is 23.0 Å². The van der Waals surface area contributed by atoms with Crippen LogP contribution >= 0.6 is 11.3 Å². The van der Waals surface area contributed by atoms with Gasteiger partial charge in [0.25, 0.3) is 5.91 Å². The summed E-state index contributed by atoms with van der Waals surface area (Å²) in [6.45, 7) is 7.06. The number of pyridine rings is 2. The van der Waals surface area contributed by atoms with Gasteiger partial charge in [0.2, 0.25) is 5.56 Å². The number of H-pyrrole nitrogens is 1. The van der Waals surface area contributed by atoms with Gasteiger partial charge in [-0.25, -0.2) is 4.98 Å². The standard InChI is InChI=1S/C23H21N5O4S/c1-5-6-19-21(14(3)32-8-7-24)27-23(33-19)28-22(30)17-11-25-13(2)9-15(17)16-10-20(29)26-12-18(16)31-4/h5-6,9-12H,1,8H2,2-4H3,(H,26,29)(H,27,28,30)/b19-6+,21-14-. The van der Waals surface area contributed by atoms with Gasteiger partial charge >= 0.3 is 0 Å². The van der Waals surface area contributed by atoms with Gasteiger partial charge in [0.1, 0.15) is 22.9 Å². The number of carbonyl (C=O) groups is 1. The normalized spacial score (nSPS) is 12.0. The largest absolute Gasteiger partial charge is 0.495 e. The molecule has 0 aromatic carbocycles. The number of aromatic amines is 1. The number of anilines is 1. The molecule has 9 nitrogen and oxygen atoms in total. The van der Waals surface area contributed by atoms with Crippen molar-refractivity contribution in [3.8, 4) is 22.9 Å². The number of carbonyl (C=O) groups excluding carboxylic acids is 1. The lowest BCUT2D eigenvalue weighted by Gasteiger charge is -2.12. The van der Waals surface area contributed by atoms with Gasteiger partial charge in [-0.05, 0) is 26.0 Å². The highest BCUT2D eigenvalue weighted by atomic mass is 32.1. The van der Waals surface area contributed by atoms with Gasteiger partial charge in [0, 0.05) is 35.3 Å². The zero-order chi connectivity index (χ0) is 24.0. The smallest absolute Gasteiger partial charge is 0.259 e. The molecule has 0 spiro atoms.